The lowest BCUT2D eigenvalue weighted by Crippen LogP contribution is -2.31. The molecule has 0 saturated heterocycles. The second-order valence-corrected chi connectivity index (χ2v) is 5.29. The van der Waals surface area contributed by atoms with Gasteiger partial charge in [-0.15, -0.1) is 14.8 Å². The maximum atomic E-state index is 4.39. The maximum Gasteiger partial charge on any atom is 0.200 e. The molecule has 98 valence electrons. The Morgan fingerprint density at radius 3 is 3.05 bits per heavy atom. The Morgan fingerprint density at radius 1 is 1.37 bits per heavy atom. The van der Waals surface area contributed by atoms with E-state index in [0.29, 0.717) is 11.7 Å². The molecule has 0 saturated carbocycles. The number of tetrazole rings is 1. The van der Waals surface area contributed by atoms with Crippen LogP contribution < -0.4 is 4.90 Å². The molecule has 7 heteroatoms. The van der Waals surface area contributed by atoms with Gasteiger partial charge in [-0.25, -0.2) is 0 Å². The summed E-state index contributed by atoms with van der Waals surface area (Å²) in [6, 6.07) is 6.33. The molecular formula is C12H14N6S. The lowest BCUT2D eigenvalue weighted by Gasteiger charge is -2.25. The number of nitrogens with zero attached hydrogens (tertiary/aromatic N) is 6. The summed E-state index contributed by atoms with van der Waals surface area (Å²) in [6.45, 7) is 2.18. The highest BCUT2D eigenvalue weighted by Gasteiger charge is 2.13. The number of fused-ring (bicyclic) bond motifs is 1. The smallest absolute Gasteiger partial charge is 0.200 e. The van der Waals surface area contributed by atoms with E-state index in [0.717, 1.165) is 12.2 Å². The van der Waals surface area contributed by atoms with Gasteiger partial charge in [0.2, 0.25) is 0 Å². The molecule has 0 aliphatic rings. The van der Waals surface area contributed by atoms with Crippen molar-refractivity contribution in [3.05, 3.63) is 34.5 Å². The summed E-state index contributed by atoms with van der Waals surface area (Å²) in [7, 11) is 2.04. The van der Waals surface area contributed by atoms with Gasteiger partial charge in [-0.05, 0) is 58.3 Å². The largest absolute Gasteiger partial charge is 0.355 e. The molecule has 0 radical (unpaired) electrons. The molecule has 1 atom stereocenters. The fourth-order valence-corrected chi connectivity index (χ4v) is 2.62. The van der Waals surface area contributed by atoms with Crippen molar-refractivity contribution in [1.29, 1.82) is 0 Å². The van der Waals surface area contributed by atoms with Crippen LogP contribution in [-0.4, -0.2) is 38.3 Å². The first-order chi connectivity index (χ1) is 9.24. The van der Waals surface area contributed by atoms with Gasteiger partial charge in [-0.3, -0.25) is 0 Å². The minimum absolute atomic E-state index is 0.357. The number of hydrogen-bond acceptors (Lipinski definition) is 6. The van der Waals surface area contributed by atoms with Crippen LogP contribution in [0.3, 0.4) is 0 Å². The lowest BCUT2D eigenvalue weighted by molar-refractivity contribution is 0.653. The monoisotopic (exact) mass is 274 g/mol. The van der Waals surface area contributed by atoms with Gasteiger partial charge in [0.15, 0.2) is 11.5 Å². The molecular weight excluding hydrogens is 260 g/mol. The molecule has 19 heavy (non-hydrogen) atoms. The summed E-state index contributed by atoms with van der Waals surface area (Å²) in [5, 5.41) is 19.9. The summed E-state index contributed by atoms with van der Waals surface area (Å²) in [5.41, 5.74) is 2.01. The van der Waals surface area contributed by atoms with E-state index in [9.17, 15) is 0 Å². The van der Waals surface area contributed by atoms with Crippen molar-refractivity contribution in [2.75, 3.05) is 11.9 Å². The molecule has 0 unspecified atom stereocenters. The summed E-state index contributed by atoms with van der Waals surface area (Å²) < 4.78 is 1.45. The lowest BCUT2D eigenvalue weighted by atomic mass is 10.1. The number of anilines is 1. The standard InChI is InChI=1S/C12H14N6S/c1-9(7-10-5-6-19-8-10)17(2)12-4-3-11-13-15-16-18(11)14-12/h3-6,8-9H,7H2,1-2H3/t9-/m0/s1. The fraction of sp³-hybridized carbons (Fsp3) is 0.333. The van der Waals surface area contributed by atoms with Gasteiger partial charge >= 0.3 is 0 Å². The van der Waals surface area contributed by atoms with Crippen LogP contribution in [0.4, 0.5) is 5.82 Å². The topological polar surface area (TPSA) is 59.2 Å². The van der Waals surface area contributed by atoms with Crippen molar-refractivity contribution in [3.8, 4) is 0 Å². The van der Waals surface area contributed by atoms with Gasteiger partial charge in [0.25, 0.3) is 0 Å². The quantitative estimate of drug-likeness (QED) is 0.724. The van der Waals surface area contributed by atoms with E-state index in [1.807, 2.05) is 19.2 Å². The molecule has 0 aliphatic heterocycles. The predicted octanol–water partition coefficient (Wildman–Crippen LogP) is 1.65. The fourth-order valence-electron chi connectivity index (χ4n) is 1.94. The van der Waals surface area contributed by atoms with Crippen LogP contribution in [-0.2, 0) is 6.42 Å². The molecule has 0 aromatic carbocycles. The molecule has 0 bridgehead atoms. The first kappa shape index (κ1) is 12.0. The van der Waals surface area contributed by atoms with Gasteiger partial charge in [-0.1, -0.05) is 0 Å². The Hall–Kier alpha value is -2.02. The van der Waals surface area contributed by atoms with Crippen molar-refractivity contribution in [1.82, 2.24) is 25.3 Å². The second kappa shape index (κ2) is 4.93. The molecule has 3 heterocycles. The minimum Gasteiger partial charge on any atom is -0.355 e. The van der Waals surface area contributed by atoms with Crippen LogP contribution in [0.2, 0.25) is 0 Å². The minimum atomic E-state index is 0.357. The average Bonchev–Trinajstić information content (AvgIpc) is 3.07. The van der Waals surface area contributed by atoms with Crippen molar-refractivity contribution in [2.24, 2.45) is 0 Å². The summed E-state index contributed by atoms with van der Waals surface area (Å²) >= 11 is 1.73. The normalized spacial score (nSPS) is 12.7. The third kappa shape index (κ3) is 2.41. The molecule has 0 N–H and O–H groups in total. The second-order valence-electron chi connectivity index (χ2n) is 4.51. The van der Waals surface area contributed by atoms with Crippen LogP contribution >= 0.6 is 11.3 Å². The first-order valence-electron chi connectivity index (χ1n) is 6.03. The van der Waals surface area contributed by atoms with E-state index in [4.69, 9.17) is 0 Å². The zero-order valence-corrected chi connectivity index (χ0v) is 11.6. The summed E-state index contributed by atoms with van der Waals surface area (Å²) in [6.07, 6.45) is 0.995. The van der Waals surface area contributed by atoms with Gasteiger partial charge in [0.05, 0.1) is 0 Å². The number of thiophene rings is 1. The molecule has 0 spiro atoms. The SMILES string of the molecule is C[C@@H](Cc1ccsc1)N(C)c1ccc2nnnn2n1. The average molecular weight is 274 g/mol. The van der Waals surface area contributed by atoms with Gasteiger partial charge in [-0.2, -0.15) is 11.3 Å². The zero-order chi connectivity index (χ0) is 13.2. The highest BCUT2D eigenvalue weighted by atomic mass is 32.1. The number of aromatic nitrogens is 5. The Labute approximate surface area is 114 Å². The molecule has 3 aromatic heterocycles. The van der Waals surface area contributed by atoms with Crippen molar-refractivity contribution >= 4 is 22.8 Å². The van der Waals surface area contributed by atoms with E-state index in [1.54, 1.807) is 11.3 Å². The van der Waals surface area contributed by atoms with Crippen LogP contribution in [0.5, 0.6) is 0 Å². The predicted molar refractivity (Wildman–Crippen MR) is 74.5 cm³/mol. The third-order valence-corrected chi connectivity index (χ3v) is 3.92. The number of hydrogen-bond donors (Lipinski definition) is 0. The first-order valence-corrected chi connectivity index (χ1v) is 6.97. The highest BCUT2D eigenvalue weighted by molar-refractivity contribution is 7.07. The third-order valence-electron chi connectivity index (χ3n) is 3.19. The molecule has 3 rings (SSSR count). The molecule has 0 fully saturated rings. The van der Waals surface area contributed by atoms with Crippen LogP contribution in [0.25, 0.3) is 5.65 Å². The van der Waals surface area contributed by atoms with Crippen molar-refractivity contribution < 1.29 is 0 Å². The zero-order valence-electron chi connectivity index (χ0n) is 10.8. The highest BCUT2D eigenvalue weighted by Crippen LogP contribution is 2.16. The van der Waals surface area contributed by atoms with E-state index >= 15 is 0 Å². The van der Waals surface area contributed by atoms with Gasteiger partial charge in [0, 0.05) is 13.1 Å². The van der Waals surface area contributed by atoms with E-state index in [2.05, 4.69) is 49.3 Å². The molecule has 0 amide bonds. The van der Waals surface area contributed by atoms with Crippen molar-refractivity contribution in [2.45, 2.75) is 19.4 Å². The number of likely N-dealkylation sites (N-methyl/N-ethyl adjacent to an activating group) is 1. The van der Waals surface area contributed by atoms with Gasteiger partial charge in [0.1, 0.15) is 0 Å². The van der Waals surface area contributed by atoms with E-state index in [-0.39, 0.29) is 0 Å². The van der Waals surface area contributed by atoms with E-state index in [1.165, 1.54) is 10.2 Å². The van der Waals surface area contributed by atoms with E-state index < -0.39 is 0 Å². The Balaban J connectivity index is 1.79. The molecule has 3 aromatic rings. The molecule has 6 nitrogen and oxygen atoms in total. The maximum absolute atomic E-state index is 4.39. The summed E-state index contributed by atoms with van der Waals surface area (Å²) in [4.78, 5) is 2.14. The Bertz CT molecular complexity index is 662. The van der Waals surface area contributed by atoms with Crippen LogP contribution in [0.1, 0.15) is 12.5 Å². The van der Waals surface area contributed by atoms with Crippen molar-refractivity contribution in [3.63, 3.8) is 0 Å². The Morgan fingerprint density at radius 2 is 2.26 bits per heavy atom. The summed E-state index contributed by atoms with van der Waals surface area (Å²) in [5.74, 6) is 0.863. The Kier molecular flexibility index (Phi) is 3.12. The number of rotatable bonds is 4. The molecule has 0 aliphatic carbocycles. The van der Waals surface area contributed by atoms with Crippen LogP contribution in [0.15, 0.2) is 29.0 Å². The van der Waals surface area contributed by atoms with Gasteiger partial charge < -0.3 is 4.90 Å². The van der Waals surface area contributed by atoms with Crippen LogP contribution in [0, 0.1) is 0 Å².